The summed E-state index contributed by atoms with van der Waals surface area (Å²) in [6.07, 6.45) is 0.918. The third-order valence-corrected chi connectivity index (χ3v) is 2.99. The van der Waals surface area contributed by atoms with Crippen LogP contribution in [0.1, 0.15) is 41.0 Å². The summed E-state index contributed by atoms with van der Waals surface area (Å²) in [4.78, 5) is 13.6. The first kappa shape index (κ1) is 12.3. The van der Waals surface area contributed by atoms with E-state index in [2.05, 4.69) is 13.8 Å². The average molecular weight is 213 g/mol. The number of hydrogen-bond donors (Lipinski definition) is 0. The van der Waals surface area contributed by atoms with E-state index >= 15 is 0 Å². The van der Waals surface area contributed by atoms with Gasteiger partial charge in [0, 0.05) is 13.1 Å². The van der Waals surface area contributed by atoms with Crippen molar-refractivity contribution in [3.05, 3.63) is 0 Å². The van der Waals surface area contributed by atoms with E-state index in [-0.39, 0.29) is 11.7 Å². The van der Waals surface area contributed by atoms with Gasteiger partial charge < -0.3 is 9.64 Å². The normalized spacial score (nSPS) is 27.7. The third kappa shape index (κ3) is 3.73. The van der Waals surface area contributed by atoms with Gasteiger partial charge in [-0.3, -0.25) is 0 Å². The maximum absolute atomic E-state index is 11.8. The largest absolute Gasteiger partial charge is 0.444 e. The average Bonchev–Trinajstić information content (AvgIpc) is 2.06. The highest BCUT2D eigenvalue weighted by atomic mass is 16.6. The zero-order valence-electron chi connectivity index (χ0n) is 10.5. The maximum atomic E-state index is 11.8. The van der Waals surface area contributed by atoms with Crippen LogP contribution in [-0.4, -0.2) is 29.7 Å². The SMILES string of the molecule is C[C@@H]1CN(C(=O)OC(C)(C)C)CC[C@@H]1C. The monoisotopic (exact) mass is 213 g/mol. The van der Waals surface area contributed by atoms with Crippen LogP contribution >= 0.6 is 0 Å². The van der Waals surface area contributed by atoms with Gasteiger partial charge in [0.05, 0.1) is 0 Å². The molecule has 1 heterocycles. The quantitative estimate of drug-likeness (QED) is 0.619. The number of rotatable bonds is 0. The summed E-state index contributed by atoms with van der Waals surface area (Å²) >= 11 is 0. The van der Waals surface area contributed by atoms with E-state index in [1.165, 1.54) is 0 Å². The lowest BCUT2D eigenvalue weighted by molar-refractivity contribution is 0.0128. The lowest BCUT2D eigenvalue weighted by Crippen LogP contribution is -2.44. The summed E-state index contributed by atoms with van der Waals surface area (Å²) in [5, 5.41) is 0. The summed E-state index contributed by atoms with van der Waals surface area (Å²) in [5.74, 6) is 1.29. The Balaban J connectivity index is 2.48. The molecule has 0 radical (unpaired) electrons. The van der Waals surface area contributed by atoms with Crippen molar-refractivity contribution >= 4 is 6.09 Å². The fourth-order valence-electron chi connectivity index (χ4n) is 1.76. The predicted molar refractivity (Wildman–Crippen MR) is 60.8 cm³/mol. The van der Waals surface area contributed by atoms with Gasteiger partial charge in [0.25, 0.3) is 0 Å². The molecule has 0 N–H and O–H groups in total. The Hall–Kier alpha value is -0.730. The lowest BCUT2D eigenvalue weighted by Gasteiger charge is -2.36. The number of nitrogens with zero attached hydrogens (tertiary/aromatic N) is 1. The molecule has 0 bridgehead atoms. The first-order valence-electron chi connectivity index (χ1n) is 5.77. The van der Waals surface area contributed by atoms with Crippen molar-refractivity contribution in [1.29, 1.82) is 0 Å². The number of likely N-dealkylation sites (tertiary alicyclic amines) is 1. The Labute approximate surface area is 92.8 Å². The molecule has 0 aromatic heterocycles. The second kappa shape index (κ2) is 4.42. The highest BCUT2D eigenvalue weighted by molar-refractivity contribution is 5.68. The van der Waals surface area contributed by atoms with Crippen LogP contribution in [0.3, 0.4) is 0 Å². The smallest absolute Gasteiger partial charge is 0.410 e. The van der Waals surface area contributed by atoms with Crippen molar-refractivity contribution in [3.8, 4) is 0 Å². The number of hydrogen-bond acceptors (Lipinski definition) is 2. The number of ether oxygens (including phenoxy) is 1. The van der Waals surface area contributed by atoms with E-state index in [1.54, 1.807) is 0 Å². The van der Waals surface area contributed by atoms with E-state index in [0.29, 0.717) is 11.8 Å². The van der Waals surface area contributed by atoms with Crippen molar-refractivity contribution in [2.24, 2.45) is 11.8 Å². The Kier molecular flexibility index (Phi) is 3.63. The molecule has 2 atom stereocenters. The molecule has 0 unspecified atom stereocenters. The molecule has 15 heavy (non-hydrogen) atoms. The van der Waals surface area contributed by atoms with Crippen molar-refractivity contribution in [3.63, 3.8) is 0 Å². The van der Waals surface area contributed by atoms with Gasteiger partial charge in [0.15, 0.2) is 0 Å². The summed E-state index contributed by atoms with van der Waals surface area (Å²) in [6, 6.07) is 0. The molecule has 1 fully saturated rings. The molecule has 0 spiro atoms. The van der Waals surface area contributed by atoms with E-state index < -0.39 is 0 Å². The molecule has 0 aromatic carbocycles. The minimum absolute atomic E-state index is 0.166. The van der Waals surface area contributed by atoms with Crippen molar-refractivity contribution in [2.45, 2.75) is 46.6 Å². The second-order valence-electron chi connectivity index (χ2n) is 5.67. The van der Waals surface area contributed by atoms with Gasteiger partial charge in [-0.05, 0) is 39.0 Å². The van der Waals surface area contributed by atoms with Crippen LogP contribution in [0.4, 0.5) is 4.79 Å². The van der Waals surface area contributed by atoms with Crippen LogP contribution in [0, 0.1) is 11.8 Å². The van der Waals surface area contributed by atoms with Gasteiger partial charge in [0.1, 0.15) is 5.60 Å². The highest BCUT2D eigenvalue weighted by Gasteiger charge is 2.28. The molecule has 0 saturated carbocycles. The first-order chi connectivity index (χ1) is 6.79. The zero-order valence-corrected chi connectivity index (χ0v) is 10.5. The molecule has 3 heteroatoms. The van der Waals surface area contributed by atoms with Crippen LogP contribution in [0.25, 0.3) is 0 Å². The highest BCUT2D eigenvalue weighted by Crippen LogP contribution is 2.23. The van der Waals surface area contributed by atoms with Gasteiger partial charge >= 0.3 is 6.09 Å². The molecule has 1 aliphatic heterocycles. The first-order valence-corrected chi connectivity index (χ1v) is 5.77. The third-order valence-electron chi connectivity index (χ3n) is 2.99. The molecular weight excluding hydrogens is 190 g/mol. The van der Waals surface area contributed by atoms with Crippen molar-refractivity contribution < 1.29 is 9.53 Å². The van der Waals surface area contributed by atoms with Crippen molar-refractivity contribution in [2.75, 3.05) is 13.1 Å². The molecular formula is C12H23NO2. The predicted octanol–water partition coefficient (Wildman–Crippen LogP) is 2.90. The summed E-state index contributed by atoms with van der Waals surface area (Å²) < 4.78 is 5.35. The van der Waals surface area contributed by atoms with Crippen molar-refractivity contribution in [1.82, 2.24) is 4.90 Å². The minimum atomic E-state index is -0.386. The van der Waals surface area contributed by atoms with Gasteiger partial charge in [-0.1, -0.05) is 13.8 Å². The van der Waals surface area contributed by atoms with E-state index in [1.807, 2.05) is 25.7 Å². The Bertz CT molecular complexity index is 232. The van der Waals surface area contributed by atoms with E-state index in [9.17, 15) is 4.79 Å². The van der Waals surface area contributed by atoms with Crippen LogP contribution in [0.15, 0.2) is 0 Å². The molecule has 1 saturated heterocycles. The Morgan fingerprint density at radius 3 is 2.33 bits per heavy atom. The molecule has 88 valence electrons. The van der Waals surface area contributed by atoms with Crippen LogP contribution in [0.5, 0.6) is 0 Å². The zero-order chi connectivity index (χ0) is 11.6. The van der Waals surface area contributed by atoms with E-state index in [0.717, 1.165) is 19.5 Å². The summed E-state index contributed by atoms with van der Waals surface area (Å²) in [7, 11) is 0. The maximum Gasteiger partial charge on any atom is 0.410 e. The standard InChI is InChI=1S/C12H23NO2/c1-9-6-7-13(8-10(9)2)11(14)15-12(3,4)5/h9-10H,6-8H2,1-5H3/t9-,10+/m0/s1. The number of carbonyl (C=O) groups is 1. The van der Waals surface area contributed by atoms with Crippen LogP contribution < -0.4 is 0 Å². The van der Waals surface area contributed by atoms with Gasteiger partial charge in [0.2, 0.25) is 0 Å². The lowest BCUT2D eigenvalue weighted by atomic mass is 9.89. The summed E-state index contributed by atoms with van der Waals surface area (Å²) in [6.45, 7) is 11.8. The van der Waals surface area contributed by atoms with E-state index in [4.69, 9.17) is 4.74 Å². The molecule has 1 aliphatic rings. The molecule has 0 aromatic rings. The second-order valence-corrected chi connectivity index (χ2v) is 5.67. The van der Waals surface area contributed by atoms with Gasteiger partial charge in [-0.25, -0.2) is 4.79 Å². The van der Waals surface area contributed by atoms with Gasteiger partial charge in [-0.2, -0.15) is 0 Å². The van der Waals surface area contributed by atoms with Crippen LogP contribution in [0.2, 0.25) is 0 Å². The topological polar surface area (TPSA) is 29.5 Å². The molecule has 3 nitrogen and oxygen atoms in total. The summed E-state index contributed by atoms with van der Waals surface area (Å²) in [5.41, 5.74) is -0.386. The van der Waals surface area contributed by atoms with Crippen LogP contribution in [-0.2, 0) is 4.74 Å². The number of amides is 1. The minimum Gasteiger partial charge on any atom is -0.444 e. The molecule has 1 rings (SSSR count). The Morgan fingerprint density at radius 1 is 1.27 bits per heavy atom. The molecule has 1 amide bonds. The number of carbonyl (C=O) groups excluding carboxylic acids is 1. The Morgan fingerprint density at radius 2 is 1.87 bits per heavy atom. The van der Waals surface area contributed by atoms with Gasteiger partial charge in [-0.15, -0.1) is 0 Å². The fourth-order valence-corrected chi connectivity index (χ4v) is 1.76. The fraction of sp³-hybridized carbons (Fsp3) is 0.917. The number of piperidine rings is 1. The molecule has 0 aliphatic carbocycles.